The fourth-order valence-corrected chi connectivity index (χ4v) is 1.86. The molecule has 1 aromatic carbocycles. The molecular weight excluding hydrogens is 322 g/mol. The van der Waals surface area contributed by atoms with Gasteiger partial charge >= 0.3 is 0 Å². The first kappa shape index (κ1) is 14.3. The molecular formula is C14H14BrN3O2. The molecule has 104 valence electrons. The number of hydrazone groups is 1. The van der Waals surface area contributed by atoms with E-state index in [2.05, 4.69) is 31.8 Å². The number of aryl methyl sites for hydroxylation is 1. The summed E-state index contributed by atoms with van der Waals surface area (Å²) >= 11 is 3.18. The fraction of sp³-hybridized carbons (Fsp3) is 0.143. The van der Waals surface area contributed by atoms with E-state index in [4.69, 9.17) is 4.42 Å². The molecule has 0 radical (unpaired) electrons. The van der Waals surface area contributed by atoms with Gasteiger partial charge in [-0.2, -0.15) is 5.10 Å². The maximum Gasteiger partial charge on any atom is 0.259 e. The molecule has 1 aromatic heterocycles. The Bertz CT molecular complexity index is 622. The zero-order valence-corrected chi connectivity index (χ0v) is 12.5. The first-order valence-electron chi connectivity index (χ1n) is 6.01. The van der Waals surface area contributed by atoms with Gasteiger partial charge in [-0.25, -0.2) is 5.43 Å². The molecule has 0 spiro atoms. The summed E-state index contributed by atoms with van der Waals surface area (Å²) in [4.78, 5) is 11.6. The SMILES string of the molecule is Cc1cccc(NCC(=O)NN=Cc2ccc(Br)o2)c1. The third-order valence-electron chi connectivity index (χ3n) is 2.45. The van der Waals surface area contributed by atoms with E-state index in [0.717, 1.165) is 11.3 Å². The van der Waals surface area contributed by atoms with Crippen LogP contribution in [0.4, 0.5) is 5.69 Å². The number of nitrogens with zero attached hydrogens (tertiary/aromatic N) is 1. The smallest absolute Gasteiger partial charge is 0.259 e. The molecule has 1 amide bonds. The van der Waals surface area contributed by atoms with Crippen LogP contribution in [0.3, 0.4) is 0 Å². The van der Waals surface area contributed by atoms with Crippen molar-refractivity contribution < 1.29 is 9.21 Å². The lowest BCUT2D eigenvalue weighted by molar-refractivity contribution is -0.119. The molecule has 6 heteroatoms. The van der Waals surface area contributed by atoms with Crippen molar-refractivity contribution in [2.24, 2.45) is 5.10 Å². The molecule has 0 aliphatic carbocycles. The van der Waals surface area contributed by atoms with Crippen molar-refractivity contribution in [3.05, 3.63) is 52.4 Å². The summed E-state index contributed by atoms with van der Waals surface area (Å²) < 4.78 is 5.83. The Kier molecular flexibility index (Phi) is 4.95. The zero-order chi connectivity index (χ0) is 14.4. The van der Waals surface area contributed by atoms with Crippen LogP contribution in [0, 0.1) is 6.92 Å². The monoisotopic (exact) mass is 335 g/mol. The number of furan rings is 1. The molecule has 0 atom stereocenters. The van der Waals surface area contributed by atoms with Gasteiger partial charge in [-0.05, 0) is 52.7 Å². The van der Waals surface area contributed by atoms with Gasteiger partial charge in [0.2, 0.25) is 0 Å². The summed E-state index contributed by atoms with van der Waals surface area (Å²) in [5.74, 6) is 0.331. The van der Waals surface area contributed by atoms with Crippen LogP contribution in [0.5, 0.6) is 0 Å². The van der Waals surface area contributed by atoms with Crippen molar-refractivity contribution in [2.75, 3.05) is 11.9 Å². The first-order chi connectivity index (χ1) is 9.63. The summed E-state index contributed by atoms with van der Waals surface area (Å²) in [6.45, 7) is 2.15. The number of nitrogens with one attached hydrogen (secondary N) is 2. The highest BCUT2D eigenvalue weighted by molar-refractivity contribution is 9.10. The van der Waals surface area contributed by atoms with Crippen LogP contribution in [-0.4, -0.2) is 18.7 Å². The first-order valence-corrected chi connectivity index (χ1v) is 6.80. The van der Waals surface area contributed by atoms with Crippen LogP contribution >= 0.6 is 15.9 Å². The predicted molar refractivity (Wildman–Crippen MR) is 81.8 cm³/mol. The van der Waals surface area contributed by atoms with Crippen LogP contribution in [0.1, 0.15) is 11.3 Å². The van der Waals surface area contributed by atoms with E-state index in [-0.39, 0.29) is 12.5 Å². The summed E-state index contributed by atoms with van der Waals surface area (Å²) in [7, 11) is 0. The summed E-state index contributed by atoms with van der Waals surface area (Å²) in [6.07, 6.45) is 1.44. The van der Waals surface area contributed by atoms with Gasteiger partial charge in [0.05, 0.1) is 12.8 Å². The van der Waals surface area contributed by atoms with Gasteiger partial charge in [0.25, 0.3) is 5.91 Å². The Morgan fingerprint density at radius 1 is 1.40 bits per heavy atom. The van der Waals surface area contributed by atoms with E-state index in [1.165, 1.54) is 6.21 Å². The van der Waals surface area contributed by atoms with E-state index in [0.29, 0.717) is 10.4 Å². The number of hydrogen-bond acceptors (Lipinski definition) is 4. The number of hydrogen-bond donors (Lipinski definition) is 2. The van der Waals surface area contributed by atoms with Gasteiger partial charge < -0.3 is 9.73 Å². The van der Waals surface area contributed by atoms with Gasteiger partial charge in [-0.1, -0.05) is 12.1 Å². The molecule has 0 aliphatic heterocycles. The largest absolute Gasteiger partial charge is 0.448 e. The highest BCUT2D eigenvalue weighted by atomic mass is 79.9. The van der Waals surface area contributed by atoms with E-state index in [9.17, 15) is 4.79 Å². The number of carbonyl (C=O) groups is 1. The average molecular weight is 336 g/mol. The second-order valence-electron chi connectivity index (χ2n) is 4.16. The minimum Gasteiger partial charge on any atom is -0.448 e. The van der Waals surface area contributed by atoms with Crippen LogP contribution in [0.25, 0.3) is 0 Å². The van der Waals surface area contributed by atoms with Crippen LogP contribution in [0.2, 0.25) is 0 Å². The lowest BCUT2D eigenvalue weighted by Gasteiger charge is -2.05. The van der Waals surface area contributed by atoms with E-state index >= 15 is 0 Å². The Morgan fingerprint density at radius 2 is 2.25 bits per heavy atom. The third-order valence-corrected chi connectivity index (χ3v) is 2.87. The average Bonchev–Trinajstić information content (AvgIpc) is 2.82. The molecule has 20 heavy (non-hydrogen) atoms. The van der Waals surface area contributed by atoms with Crippen molar-refractivity contribution in [3.63, 3.8) is 0 Å². The standard InChI is InChI=1S/C14H14BrN3O2/c1-10-3-2-4-11(7-10)16-9-14(19)18-17-8-12-5-6-13(15)20-12/h2-8,16H,9H2,1H3,(H,18,19). The Morgan fingerprint density at radius 3 is 2.95 bits per heavy atom. The second-order valence-corrected chi connectivity index (χ2v) is 4.94. The molecule has 1 heterocycles. The minimum absolute atomic E-state index is 0.155. The molecule has 0 bridgehead atoms. The van der Waals surface area contributed by atoms with Crippen LogP contribution in [0.15, 0.2) is 50.6 Å². The van der Waals surface area contributed by atoms with Crippen molar-refractivity contribution in [1.29, 1.82) is 0 Å². The number of benzene rings is 1. The Labute approximate surface area is 125 Å². The summed E-state index contributed by atoms with van der Waals surface area (Å²) in [6, 6.07) is 11.3. The van der Waals surface area contributed by atoms with E-state index < -0.39 is 0 Å². The van der Waals surface area contributed by atoms with Gasteiger partial charge in [0.1, 0.15) is 5.76 Å². The fourth-order valence-electron chi connectivity index (χ4n) is 1.54. The topological polar surface area (TPSA) is 66.6 Å². The van der Waals surface area contributed by atoms with E-state index in [1.807, 2.05) is 31.2 Å². The molecule has 2 N–H and O–H groups in total. The number of anilines is 1. The molecule has 0 aliphatic rings. The Hall–Kier alpha value is -2.08. The Balaban J connectivity index is 1.77. The van der Waals surface area contributed by atoms with Crippen molar-refractivity contribution in [1.82, 2.24) is 5.43 Å². The summed E-state index contributed by atoms with van der Waals surface area (Å²) in [5, 5.41) is 6.83. The van der Waals surface area contributed by atoms with Gasteiger partial charge in [0.15, 0.2) is 4.67 Å². The summed E-state index contributed by atoms with van der Waals surface area (Å²) in [5.41, 5.74) is 4.46. The minimum atomic E-state index is -0.228. The van der Waals surface area contributed by atoms with Crippen LogP contribution in [-0.2, 0) is 4.79 Å². The van der Waals surface area contributed by atoms with Gasteiger partial charge in [-0.3, -0.25) is 4.79 Å². The number of amides is 1. The second kappa shape index (κ2) is 6.91. The van der Waals surface area contributed by atoms with E-state index in [1.54, 1.807) is 12.1 Å². The maximum atomic E-state index is 11.6. The van der Waals surface area contributed by atoms with Crippen molar-refractivity contribution >= 4 is 33.7 Å². The van der Waals surface area contributed by atoms with Gasteiger partial charge in [-0.15, -0.1) is 0 Å². The predicted octanol–water partition coefficient (Wildman–Crippen LogP) is 2.91. The quantitative estimate of drug-likeness (QED) is 0.652. The molecule has 0 saturated carbocycles. The molecule has 2 rings (SSSR count). The molecule has 2 aromatic rings. The maximum absolute atomic E-state index is 11.6. The normalized spacial score (nSPS) is 10.7. The number of rotatable bonds is 5. The molecule has 0 saturated heterocycles. The lowest BCUT2D eigenvalue weighted by Crippen LogP contribution is -2.25. The molecule has 0 fully saturated rings. The molecule has 5 nitrogen and oxygen atoms in total. The molecule has 0 unspecified atom stereocenters. The third kappa shape index (κ3) is 4.55. The highest BCUT2D eigenvalue weighted by Gasteiger charge is 2.00. The number of halogens is 1. The van der Waals surface area contributed by atoms with Crippen molar-refractivity contribution in [2.45, 2.75) is 6.92 Å². The lowest BCUT2D eigenvalue weighted by atomic mass is 10.2. The van der Waals surface area contributed by atoms with Crippen LogP contribution < -0.4 is 10.7 Å². The zero-order valence-electron chi connectivity index (χ0n) is 10.9. The van der Waals surface area contributed by atoms with Gasteiger partial charge in [0, 0.05) is 5.69 Å². The highest BCUT2D eigenvalue weighted by Crippen LogP contribution is 2.12. The van der Waals surface area contributed by atoms with Crippen molar-refractivity contribution in [3.8, 4) is 0 Å². The number of carbonyl (C=O) groups excluding carboxylic acids is 1.